The van der Waals surface area contributed by atoms with E-state index in [4.69, 9.17) is 0 Å². The molecule has 1 saturated heterocycles. The molecule has 1 atom stereocenters. The summed E-state index contributed by atoms with van der Waals surface area (Å²) in [5, 5.41) is 3.23. The smallest absolute Gasteiger partial charge is 0.127 e. The SMILES string of the molecule is CNCC1CCCN(Cc2ccccc2F)C1. The van der Waals surface area contributed by atoms with Crippen LogP contribution in [0.25, 0.3) is 0 Å². The van der Waals surface area contributed by atoms with Crippen LogP contribution in [0.5, 0.6) is 0 Å². The van der Waals surface area contributed by atoms with E-state index in [9.17, 15) is 4.39 Å². The predicted octanol–water partition coefficient (Wildman–Crippen LogP) is 2.26. The average Bonchev–Trinajstić information content (AvgIpc) is 2.33. The number of nitrogens with zero attached hydrogens (tertiary/aromatic N) is 1. The van der Waals surface area contributed by atoms with E-state index < -0.39 is 0 Å². The van der Waals surface area contributed by atoms with Gasteiger partial charge >= 0.3 is 0 Å². The molecule has 0 amide bonds. The van der Waals surface area contributed by atoms with Crippen molar-refractivity contribution in [1.29, 1.82) is 0 Å². The molecule has 1 unspecified atom stereocenters. The van der Waals surface area contributed by atoms with E-state index in [2.05, 4.69) is 10.2 Å². The van der Waals surface area contributed by atoms with Crippen molar-refractivity contribution in [2.24, 2.45) is 5.92 Å². The fraction of sp³-hybridized carbons (Fsp3) is 0.571. The lowest BCUT2D eigenvalue weighted by molar-refractivity contribution is 0.165. The highest BCUT2D eigenvalue weighted by Gasteiger charge is 2.19. The van der Waals surface area contributed by atoms with Gasteiger partial charge in [-0.1, -0.05) is 18.2 Å². The van der Waals surface area contributed by atoms with Crippen molar-refractivity contribution in [3.63, 3.8) is 0 Å². The van der Waals surface area contributed by atoms with Gasteiger partial charge in [0.25, 0.3) is 0 Å². The minimum atomic E-state index is -0.0803. The van der Waals surface area contributed by atoms with Gasteiger partial charge in [-0.15, -0.1) is 0 Å². The molecule has 17 heavy (non-hydrogen) atoms. The van der Waals surface area contributed by atoms with Gasteiger partial charge in [-0.2, -0.15) is 0 Å². The molecule has 0 aromatic heterocycles. The fourth-order valence-corrected chi connectivity index (χ4v) is 2.62. The van der Waals surface area contributed by atoms with Crippen LogP contribution in [0.15, 0.2) is 24.3 Å². The molecule has 0 saturated carbocycles. The second kappa shape index (κ2) is 6.12. The Morgan fingerprint density at radius 1 is 1.41 bits per heavy atom. The van der Waals surface area contributed by atoms with Gasteiger partial charge in [-0.3, -0.25) is 4.90 Å². The highest BCUT2D eigenvalue weighted by atomic mass is 19.1. The van der Waals surface area contributed by atoms with Crippen molar-refractivity contribution in [3.8, 4) is 0 Å². The van der Waals surface area contributed by atoms with E-state index in [0.29, 0.717) is 5.92 Å². The molecule has 1 fully saturated rings. The van der Waals surface area contributed by atoms with Crippen molar-refractivity contribution in [3.05, 3.63) is 35.6 Å². The molecular formula is C14H21FN2. The third-order valence-electron chi connectivity index (χ3n) is 3.45. The molecule has 0 radical (unpaired) electrons. The standard InChI is InChI=1S/C14H21FN2/c1-16-9-12-5-4-8-17(10-12)11-13-6-2-3-7-14(13)15/h2-3,6-7,12,16H,4-5,8-11H2,1H3. The van der Waals surface area contributed by atoms with Crippen LogP contribution in [0.2, 0.25) is 0 Å². The van der Waals surface area contributed by atoms with E-state index in [0.717, 1.165) is 31.7 Å². The van der Waals surface area contributed by atoms with Gasteiger partial charge in [-0.05, 0) is 45.0 Å². The van der Waals surface area contributed by atoms with Crippen molar-refractivity contribution in [2.45, 2.75) is 19.4 Å². The number of likely N-dealkylation sites (tertiary alicyclic amines) is 1. The topological polar surface area (TPSA) is 15.3 Å². The summed E-state index contributed by atoms with van der Waals surface area (Å²) < 4.78 is 13.6. The molecule has 0 bridgehead atoms. The Kier molecular flexibility index (Phi) is 4.51. The summed E-state index contributed by atoms with van der Waals surface area (Å²) in [7, 11) is 2.00. The second-order valence-corrected chi connectivity index (χ2v) is 4.89. The number of hydrogen-bond donors (Lipinski definition) is 1. The van der Waals surface area contributed by atoms with E-state index >= 15 is 0 Å². The zero-order valence-corrected chi connectivity index (χ0v) is 10.5. The van der Waals surface area contributed by atoms with Crippen molar-refractivity contribution >= 4 is 0 Å². The number of hydrogen-bond acceptors (Lipinski definition) is 2. The van der Waals surface area contributed by atoms with Gasteiger partial charge in [0.05, 0.1) is 0 Å². The normalized spacial score (nSPS) is 21.6. The number of halogens is 1. The first-order valence-electron chi connectivity index (χ1n) is 6.40. The van der Waals surface area contributed by atoms with E-state index in [1.807, 2.05) is 19.2 Å². The zero-order chi connectivity index (χ0) is 12.1. The number of benzene rings is 1. The average molecular weight is 236 g/mol. The van der Waals surface area contributed by atoms with Crippen LogP contribution in [0, 0.1) is 11.7 Å². The molecule has 3 heteroatoms. The largest absolute Gasteiger partial charge is 0.319 e. The summed E-state index contributed by atoms with van der Waals surface area (Å²) in [6.07, 6.45) is 2.51. The molecule has 2 nitrogen and oxygen atoms in total. The van der Waals surface area contributed by atoms with Crippen LogP contribution < -0.4 is 5.32 Å². The Bertz CT molecular complexity index is 352. The maximum absolute atomic E-state index is 13.6. The van der Waals surface area contributed by atoms with Crippen LogP contribution in [-0.2, 0) is 6.54 Å². The number of piperidine rings is 1. The molecule has 0 aliphatic carbocycles. The lowest BCUT2D eigenvalue weighted by Crippen LogP contribution is -2.38. The quantitative estimate of drug-likeness (QED) is 0.862. The maximum atomic E-state index is 13.6. The fourth-order valence-electron chi connectivity index (χ4n) is 2.62. The van der Waals surface area contributed by atoms with Crippen LogP contribution in [0.4, 0.5) is 4.39 Å². The summed E-state index contributed by atoms with van der Waals surface area (Å²) in [4.78, 5) is 2.37. The Morgan fingerprint density at radius 3 is 3.00 bits per heavy atom. The molecule has 1 heterocycles. The van der Waals surface area contributed by atoms with Crippen LogP contribution in [0.1, 0.15) is 18.4 Å². The Labute approximate surface area is 103 Å². The zero-order valence-electron chi connectivity index (χ0n) is 10.5. The number of rotatable bonds is 4. The van der Waals surface area contributed by atoms with E-state index in [1.54, 1.807) is 12.1 Å². The van der Waals surface area contributed by atoms with Gasteiger partial charge in [-0.25, -0.2) is 4.39 Å². The van der Waals surface area contributed by atoms with Gasteiger partial charge in [0.15, 0.2) is 0 Å². The van der Waals surface area contributed by atoms with Crippen LogP contribution >= 0.6 is 0 Å². The minimum Gasteiger partial charge on any atom is -0.319 e. The maximum Gasteiger partial charge on any atom is 0.127 e. The summed E-state index contributed by atoms with van der Waals surface area (Å²) >= 11 is 0. The van der Waals surface area contributed by atoms with Crippen LogP contribution in [0.3, 0.4) is 0 Å². The Morgan fingerprint density at radius 2 is 2.24 bits per heavy atom. The Balaban J connectivity index is 1.92. The summed E-state index contributed by atoms with van der Waals surface area (Å²) in [6, 6.07) is 7.09. The van der Waals surface area contributed by atoms with E-state index in [1.165, 1.54) is 12.8 Å². The van der Waals surface area contributed by atoms with Gasteiger partial charge in [0.2, 0.25) is 0 Å². The monoisotopic (exact) mass is 236 g/mol. The first-order chi connectivity index (χ1) is 8.29. The highest BCUT2D eigenvalue weighted by Crippen LogP contribution is 2.19. The highest BCUT2D eigenvalue weighted by molar-refractivity contribution is 5.17. The molecule has 1 aliphatic rings. The molecule has 1 aromatic carbocycles. The minimum absolute atomic E-state index is 0.0803. The summed E-state index contributed by atoms with van der Waals surface area (Å²) in [5.41, 5.74) is 0.817. The third kappa shape index (κ3) is 3.51. The van der Waals surface area contributed by atoms with Crippen molar-refractivity contribution < 1.29 is 4.39 Å². The third-order valence-corrected chi connectivity index (χ3v) is 3.45. The van der Waals surface area contributed by atoms with Crippen LogP contribution in [-0.4, -0.2) is 31.6 Å². The Hall–Kier alpha value is -0.930. The summed E-state index contributed by atoms with van der Waals surface area (Å²) in [5.74, 6) is 0.628. The lowest BCUT2D eigenvalue weighted by atomic mass is 9.97. The van der Waals surface area contributed by atoms with Gasteiger partial charge in [0.1, 0.15) is 5.82 Å². The van der Waals surface area contributed by atoms with E-state index in [-0.39, 0.29) is 5.82 Å². The van der Waals surface area contributed by atoms with Crippen molar-refractivity contribution in [1.82, 2.24) is 10.2 Å². The molecule has 0 spiro atoms. The lowest BCUT2D eigenvalue weighted by Gasteiger charge is -2.32. The first kappa shape index (κ1) is 12.5. The summed E-state index contributed by atoms with van der Waals surface area (Å²) in [6.45, 7) is 3.98. The number of nitrogens with one attached hydrogen (secondary N) is 1. The first-order valence-corrected chi connectivity index (χ1v) is 6.40. The molecule has 94 valence electrons. The molecule has 1 aliphatic heterocycles. The van der Waals surface area contributed by atoms with Gasteiger partial charge < -0.3 is 5.32 Å². The second-order valence-electron chi connectivity index (χ2n) is 4.89. The van der Waals surface area contributed by atoms with Crippen molar-refractivity contribution in [2.75, 3.05) is 26.7 Å². The molecular weight excluding hydrogens is 215 g/mol. The van der Waals surface area contributed by atoms with Gasteiger partial charge in [0, 0.05) is 18.7 Å². The predicted molar refractivity (Wildman–Crippen MR) is 68.3 cm³/mol. The molecule has 2 rings (SSSR count). The molecule has 1 aromatic rings. The molecule has 1 N–H and O–H groups in total.